The summed E-state index contributed by atoms with van der Waals surface area (Å²) in [6, 6.07) is 21.0. The maximum absolute atomic E-state index is 12.5. The fourth-order valence-electron chi connectivity index (χ4n) is 2.88. The molecule has 122 valence electrons. The number of carbonyl (C=O) groups is 1. The van der Waals surface area contributed by atoms with Crippen LogP contribution in [0.25, 0.3) is 16.9 Å². The maximum atomic E-state index is 12.5. The summed E-state index contributed by atoms with van der Waals surface area (Å²) >= 11 is 0. The Morgan fingerprint density at radius 3 is 2.52 bits per heavy atom. The standard InChI is InChI=1S/C21H17N3O/c1-15-8-7-13-24-14-19(22-20(15)24)17-11-5-6-12-18(17)23-21(25)16-9-3-2-4-10-16/h2-14H,1H3,(H,23,25). The number of amides is 1. The number of nitrogens with zero attached hydrogens (tertiary/aromatic N) is 2. The first kappa shape index (κ1) is 15.1. The lowest BCUT2D eigenvalue weighted by Crippen LogP contribution is -2.12. The van der Waals surface area contributed by atoms with Crippen LogP contribution in [0.4, 0.5) is 5.69 Å². The van der Waals surface area contributed by atoms with E-state index >= 15 is 0 Å². The number of rotatable bonds is 3. The average molecular weight is 327 g/mol. The molecule has 0 saturated carbocycles. The number of nitrogens with one attached hydrogen (secondary N) is 1. The molecule has 0 unspecified atom stereocenters. The molecule has 0 atom stereocenters. The lowest BCUT2D eigenvalue weighted by Gasteiger charge is -2.09. The van der Waals surface area contributed by atoms with Gasteiger partial charge < -0.3 is 9.72 Å². The molecule has 0 bridgehead atoms. The molecular formula is C21H17N3O. The quantitative estimate of drug-likeness (QED) is 0.599. The zero-order valence-corrected chi connectivity index (χ0v) is 13.8. The summed E-state index contributed by atoms with van der Waals surface area (Å²) in [6.45, 7) is 2.04. The summed E-state index contributed by atoms with van der Waals surface area (Å²) in [4.78, 5) is 17.2. The first-order valence-corrected chi connectivity index (χ1v) is 8.12. The number of imidazole rings is 1. The van der Waals surface area contributed by atoms with Gasteiger partial charge in [0.1, 0.15) is 5.65 Å². The van der Waals surface area contributed by atoms with Gasteiger partial charge in [0.05, 0.1) is 11.4 Å². The van der Waals surface area contributed by atoms with Crippen molar-refractivity contribution in [3.05, 3.63) is 90.3 Å². The summed E-state index contributed by atoms with van der Waals surface area (Å²) in [6.07, 6.45) is 3.96. The van der Waals surface area contributed by atoms with E-state index in [-0.39, 0.29) is 5.91 Å². The van der Waals surface area contributed by atoms with E-state index in [1.165, 1.54) is 0 Å². The third-order valence-electron chi connectivity index (χ3n) is 4.17. The van der Waals surface area contributed by atoms with E-state index in [0.29, 0.717) is 5.56 Å². The number of pyridine rings is 1. The van der Waals surface area contributed by atoms with Crippen molar-refractivity contribution in [3.8, 4) is 11.3 Å². The molecule has 2 aromatic carbocycles. The summed E-state index contributed by atoms with van der Waals surface area (Å²) < 4.78 is 2.00. The maximum Gasteiger partial charge on any atom is 0.255 e. The highest BCUT2D eigenvalue weighted by atomic mass is 16.1. The minimum Gasteiger partial charge on any atom is -0.321 e. The first-order valence-electron chi connectivity index (χ1n) is 8.12. The monoisotopic (exact) mass is 327 g/mol. The largest absolute Gasteiger partial charge is 0.321 e. The molecule has 0 fully saturated rings. The van der Waals surface area contributed by atoms with Gasteiger partial charge >= 0.3 is 0 Å². The van der Waals surface area contributed by atoms with Crippen molar-refractivity contribution in [2.45, 2.75) is 6.92 Å². The third kappa shape index (κ3) is 2.90. The number of aryl methyl sites for hydroxylation is 1. The highest BCUT2D eigenvalue weighted by molar-refractivity contribution is 6.06. The van der Waals surface area contributed by atoms with Crippen molar-refractivity contribution in [3.63, 3.8) is 0 Å². The predicted octanol–water partition coefficient (Wildman–Crippen LogP) is 4.56. The SMILES string of the molecule is Cc1cccn2cc(-c3ccccc3NC(=O)c3ccccc3)nc12. The van der Waals surface area contributed by atoms with E-state index < -0.39 is 0 Å². The molecule has 4 nitrogen and oxygen atoms in total. The van der Waals surface area contributed by atoms with Crippen LogP contribution in [-0.2, 0) is 0 Å². The van der Waals surface area contributed by atoms with Crippen molar-refractivity contribution >= 4 is 17.2 Å². The second-order valence-corrected chi connectivity index (χ2v) is 5.91. The van der Waals surface area contributed by atoms with E-state index in [4.69, 9.17) is 4.98 Å². The minimum atomic E-state index is -0.131. The number of benzene rings is 2. The van der Waals surface area contributed by atoms with Crippen LogP contribution in [0.1, 0.15) is 15.9 Å². The molecule has 0 aliphatic rings. The highest BCUT2D eigenvalue weighted by Gasteiger charge is 2.12. The van der Waals surface area contributed by atoms with Crippen LogP contribution in [0.5, 0.6) is 0 Å². The fourth-order valence-corrected chi connectivity index (χ4v) is 2.88. The molecule has 1 amide bonds. The minimum absolute atomic E-state index is 0.131. The summed E-state index contributed by atoms with van der Waals surface area (Å²) in [5.74, 6) is -0.131. The zero-order valence-electron chi connectivity index (χ0n) is 13.8. The van der Waals surface area contributed by atoms with E-state index in [2.05, 4.69) is 5.32 Å². The fraction of sp³-hybridized carbons (Fsp3) is 0.0476. The molecule has 4 aromatic rings. The molecule has 4 rings (SSSR count). The van der Waals surface area contributed by atoms with Crippen LogP contribution in [0.2, 0.25) is 0 Å². The van der Waals surface area contributed by atoms with Crippen LogP contribution >= 0.6 is 0 Å². The second kappa shape index (κ2) is 6.24. The number of aromatic nitrogens is 2. The van der Waals surface area contributed by atoms with Gasteiger partial charge in [0.2, 0.25) is 0 Å². The van der Waals surface area contributed by atoms with Gasteiger partial charge in [0.25, 0.3) is 5.91 Å². The molecule has 0 radical (unpaired) electrons. The van der Waals surface area contributed by atoms with E-state index in [1.807, 2.05) is 78.3 Å². The Bertz CT molecular complexity index is 1050. The third-order valence-corrected chi connectivity index (χ3v) is 4.17. The Balaban J connectivity index is 1.73. The molecule has 4 heteroatoms. The smallest absolute Gasteiger partial charge is 0.255 e. The highest BCUT2D eigenvalue weighted by Crippen LogP contribution is 2.28. The summed E-state index contributed by atoms with van der Waals surface area (Å²) in [7, 11) is 0. The Kier molecular flexibility index (Phi) is 3.78. The topological polar surface area (TPSA) is 46.4 Å². The van der Waals surface area contributed by atoms with Crippen LogP contribution in [-0.4, -0.2) is 15.3 Å². The molecule has 2 heterocycles. The van der Waals surface area contributed by atoms with Gasteiger partial charge in [0.15, 0.2) is 0 Å². The van der Waals surface area contributed by atoms with Crippen molar-refractivity contribution < 1.29 is 4.79 Å². The van der Waals surface area contributed by atoms with E-state index in [1.54, 1.807) is 12.1 Å². The van der Waals surface area contributed by atoms with Crippen LogP contribution in [0, 0.1) is 6.92 Å². The van der Waals surface area contributed by atoms with Gasteiger partial charge in [0, 0.05) is 23.5 Å². The van der Waals surface area contributed by atoms with Crippen molar-refractivity contribution in [2.75, 3.05) is 5.32 Å². The molecule has 2 aromatic heterocycles. The summed E-state index contributed by atoms with van der Waals surface area (Å²) in [5.41, 5.74) is 5.13. The Hall–Kier alpha value is -3.40. The molecule has 0 saturated heterocycles. The number of carbonyl (C=O) groups excluding carboxylic acids is 1. The lowest BCUT2D eigenvalue weighted by atomic mass is 10.1. The van der Waals surface area contributed by atoms with Crippen molar-refractivity contribution in [1.29, 1.82) is 0 Å². The summed E-state index contributed by atoms with van der Waals surface area (Å²) in [5, 5.41) is 3.00. The number of para-hydroxylation sites is 1. The Morgan fingerprint density at radius 2 is 1.72 bits per heavy atom. The number of fused-ring (bicyclic) bond motifs is 1. The van der Waals surface area contributed by atoms with Gasteiger partial charge in [-0.2, -0.15) is 0 Å². The molecule has 25 heavy (non-hydrogen) atoms. The van der Waals surface area contributed by atoms with E-state index in [9.17, 15) is 4.79 Å². The van der Waals surface area contributed by atoms with Crippen molar-refractivity contribution in [1.82, 2.24) is 9.38 Å². The first-order chi connectivity index (χ1) is 12.2. The molecule has 0 spiro atoms. The molecular weight excluding hydrogens is 310 g/mol. The number of hydrogen-bond acceptors (Lipinski definition) is 2. The molecule has 0 aliphatic carbocycles. The average Bonchev–Trinajstić information content (AvgIpc) is 3.08. The van der Waals surface area contributed by atoms with Gasteiger partial charge in [-0.3, -0.25) is 4.79 Å². The predicted molar refractivity (Wildman–Crippen MR) is 99.8 cm³/mol. The normalized spacial score (nSPS) is 10.8. The van der Waals surface area contributed by atoms with E-state index in [0.717, 1.165) is 28.2 Å². The van der Waals surface area contributed by atoms with Gasteiger partial charge in [-0.05, 0) is 36.8 Å². The molecule has 0 aliphatic heterocycles. The lowest BCUT2D eigenvalue weighted by molar-refractivity contribution is 0.102. The Labute approximate surface area is 145 Å². The molecule has 1 N–H and O–H groups in total. The second-order valence-electron chi connectivity index (χ2n) is 5.91. The van der Waals surface area contributed by atoms with Gasteiger partial charge in [-0.15, -0.1) is 0 Å². The Morgan fingerprint density at radius 1 is 0.960 bits per heavy atom. The van der Waals surface area contributed by atoms with Gasteiger partial charge in [-0.1, -0.05) is 42.5 Å². The van der Waals surface area contributed by atoms with Crippen molar-refractivity contribution in [2.24, 2.45) is 0 Å². The number of anilines is 1. The van der Waals surface area contributed by atoms with Crippen LogP contribution in [0.15, 0.2) is 79.1 Å². The van der Waals surface area contributed by atoms with Crippen LogP contribution in [0.3, 0.4) is 0 Å². The van der Waals surface area contributed by atoms with Gasteiger partial charge in [-0.25, -0.2) is 4.98 Å². The zero-order chi connectivity index (χ0) is 17.2. The van der Waals surface area contributed by atoms with Crippen LogP contribution < -0.4 is 5.32 Å². The number of hydrogen-bond donors (Lipinski definition) is 1.